The van der Waals surface area contributed by atoms with Crippen molar-refractivity contribution in [2.45, 2.75) is 33.1 Å². The number of para-hydroxylation sites is 1. The minimum absolute atomic E-state index is 0.0299. The summed E-state index contributed by atoms with van der Waals surface area (Å²) in [7, 11) is 0. The Morgan fingerprint density at radius 1 is 0.879 bits per heavy atom. The van der Waals surface area contributed by atoms with E-state index in [0.29, 0.717) is 29.2 Å². The molecule has 0 unspecified atom stereocenters. The molecule has 0 bridgehead atoms. The molecule has 3 aromatic carbocycles. The molecular weight excluding hydrogens is 414 g/mol. The number of carbonyl (C=O) groups excluding carboxylic acids is 2. The first-order valence-corrected chi connectivity index (χ1v) is 10.8. The van der Waals surface area contributed by atoms with Crippen molar-refractivity contribution >= 4 is 23.7 Å². The number of carbonyl (C=O) groups is 2. The first-order chi connectivity index (χ1) is 15.8. The Labute approximate surface area is 194 Å². The van der Waals surface area contributed by atoms with Gasteiger partial charge >= 0.3 is 0 Å². The van der Waals surface area contributed by atoms with Crippen LogP contribution in [0.1, 0.15) is 59.5 Å². The third kappa shape index (κ3) is 6.53. The molecule has 0 atom stereocenters. The maximum Gasteiger partial charge on any atom is 0.271 e. The molecular formula is C27H29N3O3. The van der Waals surface area contributed by atoms with Crippen molar-refractivity contribution in [1.82, 2.24) is 5.43 Å². The van der Waals surface area contributed by atoms with Gasteiger partial charge in [0, 0.05) is 22.4 Å². The van der Waals surface area contributed by atoms with E-state index in [1.807, 2.05) is 55.5 Å². The van der Waals surface area contributed by atoms with Crippen molar-refractivity contribution in [3.8, 4) is 5.75 Å². The van der Waals surface area contributed by atoms with Crippen molar-refractivity contribution in [3.05, 3.63) is 95.1 Å². The van der Waals surface area contributed by atoms with Crippen LogP contribution in [0.3, 0.4) is 0 Å². The van der Waals surface area contributed by atoms with Gasteiger partial charge in [0.15, 0.2) is 0 Å². The molecule has 0 aliphatic heterocycles. The number of ether oxygens (including phenoxy) is 1. The Kier molecular flexibility index (Phi) is 7.61. The zero-order chi connectivity index (χ0) is 23.8. The van der Waals surface area contributed by atoms with E-state index in [2.05, 4.69) is 36.6 Å². The average Bonchev–Trinajstić information content (AvgIpc) is 2.80. The molecule has 2 amide bonds. The molecule has 3 rings (SSSR count). The summed E-state index contributed by atoms with van der Waals surface area (Å²) < 4.78 is 5.54. The molecule has 170 valence electrons. The summed E-state index contributed by atoms with van der Waals surface area (Å²) in [6.45, 7) is 8.84. The van der Waals surface area contributed by atoms with Gasteiger partial charge in [0.25, 0.3) is 11.8 Å². The number of nitrogens with zero attached hydrogens (tertiary/aromatic N) is 1. The molecule has 0 spiro atoms. The highest BCUT2D eigenvalue weighted by Gasteiger charge is 2.14. The molecule has 0 radical (unpaired) electrons. The highest BCUT2D eigenvalue weighted by molar-refractivity contribution is 6.04. The third-order valence-corrected chi connectivity index (χ3v) is 5.01. The lowest BCUT2D eigenvalue weighted by Gasteiger charge is -2.19. The molecule has 0 saturated heterocycles. The van der Waals surface area contributed by atoms with Crippen LogP contribution in [0.2, 0.25) is 0 Å². The topological polar surface area (TPSA) is 79.8 Å². The second kappa shape index (κ2) is 10.6. The fourth-order valence-corrected chi connectivity index (χ4v) is 3.13. The summed E-state index contributed by atoms with van der Waals surface area (Å²) in [4.78, 5) is 24.9. The summed E-state index contributed by atoms with van der Waals surface area (Å²) in [5, 5.41) is 6.87. The fraction of sp³-hybridized carbons (Fsp3) is 0.222. The zero-order valence-electron chi connectivity index (χ0n) is 19.4. The fourth-order valence-electron chi connectivity index (χ4n) is 3.13. The second-order valence-corrected chi connectivity index (χ2v) is 8.53. The number of nitrogens with one attached hydrogen (secondary N) is 2. The van der Waals surface area contributed by atoms with E-state index in [-0.39, 0.29) is 17.2 Å². The van der Waals surface area contributed by atoms with E-state index in [1.54, 1.807) is 30.5 Å². The van der Waals surface area contributed by atoms with Gasteiger partial charge < -0.3 is 10.1 Å². The second-order valence-electron chi connectivity index (χ2n) is 8.53. The molecule has 2 N–H and O–H groups in total. The summed E-state index contributed by atoms with van der Waals surface area (Å²) in [5.74, 6) is 0.146. The molecule has 0 heterocycles. The summed E-state index contributed by atoms with van der Waals surface area (Å²) in [6.07, 6.45) is 1.54. The van der Waals surface area contributed by atoms with Gasteiger partial charge in [-0.3, -0.25) is 9.59 Å². The lowest BCUT2D eigenvalue weighted by Crippen LogP contribution is -2.18. The van der Waals surface area contributed by atoms with Crippen molar-refractivity contribution in [2.75, 3.05) is 11.9 Å². The van der Waals surface area contributed by atoms with E-state index in [4.69, 9.17) is 4.74 Å². The minimum atomic E-state index is -0.351. The van der Waals surface area contributed by atoms with Gasteiger partial charge in [-0.1, -0.05) is 45.0 Å². The van der Waals surface area contributed by atoms with E-state index < -0.39 is 0 Å². The zero-order valence-corrected chi connectivity index (χ0v) is 19.4. The van der Waals surface area contributed by atoms with E-state index in [1.165, 1.54) is 5.56 Å². The van der Waals surface area contributed by atoms with E-state index in [9.17, 15) is 9.59 Å². The molecule has 33 heavy (non-hydrogen) atoms. The number of anilines is 1. The lowest BCUT2D eigenvalue weighted by molar-refractivity contribution is 0.0954. The smallest absolute Gasteiger partial charge is 0.271 e. The van der Waals surface area contributed by atoms with Crippen molar-refractivity contribution in [3.63, 3.8) is 0 Å². The van der Waals surface area contributed by atoms with Crippen LogP contribution in [0.25, 0.3) is 0 Å². The van der Waals surface area contributed by atoms with Crippen LogP contribution >= 0.6 is 0 Å². The molecule has 6 heteroatoms. The number of benzene rings is 3. The highest BCUT2D eigenvalue weighted by Crippen LogP contribution is 2.22. The first kappa shape index (κ1) is 23.7. The molecule has 3 aromatic rings. The predicted octanol–water partition coefficient (Wildman–Crippen LogP) is 5.40. The quantitative estimate of drug-likeness (QED) is 0.379. The van der Waals surface area contributed by atoms with Gasteiger partial charge in [-0.2, -0.15) is 5.10 Å². The largest absolute Gasteiger partial charge is 0.493 e. The van der Waals surface area contributed by atoms with Crippen LogP contribution < -0.4 is 15.5 Å². The standard InChI is InChI=1S/C27H29N3O3/c1-5-33-24-9-7-6-8-21(24)18-28-30-26(32)20-12-16-23(17-13-20)29-25(31)19-10-14-22(15-11-19)27(2,3)4/h6-18H,5H2,1-4H3,(H,29,31)(H,30,32). The molecule has 0 saturated carbocycles. The Morgan fingerprint density at radius 2 is 1.48 bits per heavy atom. The van der Waals surface area contributed by atoms with Gasteiger partial charge in [-0.05, 0) is 66.4 Å². The lowest BCUT2D eigenvalue weighted by atomic mass is 9.87. The van der Waals surface area contributed by atoms with Crippen LogP contribution in [0.15, 0.2) is 77.9 Å². The van der Waals surface area contributed by atoms with Gasteiger partial charge in [-0.25, -0.2) is 5.43 Å². The van der Waals surface area contributed by atoms with Crippen molar-refractivity contribution in [1.29, 1.82) is 0 Å². The normalized spacial score (nSPS) is 11.3. The first-order valence-electron chi connectivity index (χ1n) is 10.8. The van der Waals surface area contributed by atoms with E-state index >= 15 is 0 Å². The Bertz CT molecular complexity index is 1130. The molecule has 6 nitrogen and oxygen atoms in total. The molecule has 0 aliphatic rings. The number of hydrazone groups is 1. The highest BCUT2D eigenvalue weighted by atomic mass is 16.5. The predicted molar refractivity (Wildman–Crippen MR) is 132 cm³/mol. The van der Waals surface area contributed by atoms with Gasteiger partial charge in [0.1, 0.15) is 5.75 Å². The Hall–Kier alpha value is -3.93. The number of amides is 2. The van der Waals surface area contributed by atoms with Gasteiger partial charge in [0.05, 0.1) is 12.8 Å². The van der Waals surface area contributed by atoms with Gasteiger partial charge in [0.2, 0.25) is 0 Å². The molecule has 0 fully saturated rings. The maximum absolute atomic E-state index is 12.5. The molecule has 0 aliphatic carbocycles. The van der Waals surface area contributed by atoms with Crippen LogP contribution in [-0.4, -0.2) is 24.6 Å². The van der Waals surface area contributed by atoms with Crippen LogP contribution in [-0.2, 0) is 5.41 Å². The van der Waals surface area contributed by atoms with Crippen LogP contribution in [0.4, 0.5) is 5.69 Å². The Balaban J connectivity index is 1.58. The van der Waals surface area contributed by atoms with Gasteiger partial charge in [-0.15, -0.1) is 0 Å². The molecule has 0 aromatic heterocycles. The third-order valence-electron chi connectivity index (χ3n) is 5.01. The van der Waals surface area contributed by atoms with Crippen LogP contribution in [0, 0.1) is 0 Å². The minimum Gasteiger partial charge on any atom is -0.493 e. The summed E-state index contributed by atoms with van der Waals surface area (Å²) >= 11 is 0. The number of hydrogen-bond donors (Lipinski definition) is 2. The summed E-state index contributed by atoms with van der Waals surface area (Å²) in [6, 6.07) is 21.7. The Morgan fingerprint density at radius 3 is 2.12 bits per heavy atom. The number of hydrogen-bond acceptors (Lipinski definition) is 4. The SMILES string of the molecule is CCOc1ccccc1C=NNC(=O)c1ccc(NC(=O)c2ccc(C(C)(C)C)cc2)cc1. The number of rotatable bonds is 7. The van der Waals surface area contributed by atoms with E-state index in [0.717, 1.165) is 5.56 Å². The summed E-state index contributed by atoms with van der Waals surface area (Å²) in [5.41, 5.74) is 6.08. The average molecular weight is 444 g/mol. The van der Waals surface area contributed by atoms with Crippen LogP contribution in [0.5, 0.6) is 5.75 Å². The maximum atomic E-state index is 12.5. The van der Waals surface area contributed by atoms with Crippen molar-refractivity contribution < 1.29 is 14.3 Å². The van der Waals surface area contributed by atoms with Crippen molar-refractivity contribution in [2.24, 2.45) is 5.10 Å². The monoisotopic (exact) mass is 443 g/mol.